The van der Waals surface area contributed by atoms with E-state index in [1.54, 1.807) is 0 Å². The molecule has 146 valence electrons. The molecule has 4 rings (SSSR count). The number of para-hydroxylation sites is 2. The van der Waals surface area contributed by atoms with Crippen molar-refractivity contribution in [2.24, 2.45) is 17.6 Å². The first-order valence-electron chi connectivity index (χ1n) is 9.72. The van der Waals surface area contributed by atoms with Crippen LogP contribution in [0.5, 0.6) is 0 Å². The second kappa shape index (κ2) is 7.95. The number of halogens is 1. The van der Waals surface area contributed by atoms with Gasteiger partial charge in [-0.2, -0.15) is 0 Å². The minimum absolute atomic E-state index is 0.0166. The average Bonchev–Trinajstić information content (AvgIpc) is 3.50. The predicted octanol–water partition coefficient (Wildman–Crippen LogP) is 3.89. The van der Waals surface area contributed by atoms with Crippen molar-refractivity contribution >= 4 is 39.1 Å². The van der Waals surface area contributed by atoms with Gasteiger partial charge in [0.05, 0.1) is 11.4 Å². The van der Waals surface area contributed by atoms with Gasteiger partial charge < -0.3 is 16.0 Å². The summed E-state index contributed by atoms with van der Waals surface area (Å²) >= 11 is 3.50. The van der Waals surface area contributed by atoms with Crippen molar-refractivity contribution in [1.82, 2.24) is 0 Å². The van der Waals surface area contributed by atoms with Gasteiger partial charge in [-0.25, -0.2) is 0 Å². The molecule has 2 amide bonds. The molecular weight excluding hydrogens is 418 g/mol. The SMILES string of the molecule is NC(=O)C1CCN(c2ccccc2NC(=O)C2CC2c2cccc(Br)c2)CC1. The number of hydrogen-bond donors (Lipinski definition) is 2. The van der Waals surface area contributed by atoms with Crippen LogP contribution in [-0.4, -0.2) is 24.9 Å². The molecule has 5 nitrogen and oxygen atoms in total. The standard InChI is InChI=1S/C22H24BrN3O2/c23-16-5-3-4-15(12-16)17-13-18(17)22(28)25-19-6-1-2-7-20(19)26-10-8-14(9-11-26)21(24)27/h1-7,12,14,17-18H,8-11,13H2,(H2,24,27)(H,25,28). The molecule has 28 heavy (non-hydrogen) atoms. The summed E-state index contributed by atoms with van der Waals surface area (Å²) in [6.45, 7) is 1.54. The van der Waals surface area contributed by atoms with Crippen LogP contribution in [0.3, 0.4) is 0 Å². The van der Waals surface area contributed by atoms with Crippen LogP contribution < -0.4 is 16.0 Å². The third kappa shape index (κ3) is 4.07. The first-order chi connectivity index (χ1) is 13.5. The molecule has 0 spiro atoms. The molecule has 0 radical (unpaired) electrons. The lowest BCUT2D eigenvalue weighted by atomic mass is 9.96. The van der Waals surface area contributed by atoms with Gasteiger partial charge in [0.25, 0.3) is 0 Å². The number of piperidine rings is 1. The van der Waals surface area contributed by atoms with Crippen LogP contribution in [0.2, 0.25) is 0 Å². The van der Waals surface area contributed by atoms with Crippen molar-refractivity contribution in [3.8, 4) is 0 Å². The van der Waals surface area contributed by atoms with E-state index in [2.05, 4.69) is 38.3 Å². The summed E-state index contributed by atoms with van der Waals surface area (Å²) < 4.78 is 1.04. The topological polar surface area (TPSA) is 75.4 Å². The van der Waals surface area contributed by atoms with Crippen LogP contribution in [0.4, 0.5) is 11.4 Å². The third-order valence-electron chi connectivity index (χ3n) is 5.80. The number of nitrogens with zero attached hydrogens (tertiary/aromatic N) is 1. The number of rotatable bonds is 5. The molecular formula is C22H24BrN3O2. The Bertz CT molecular complexity index is 893. The highest BCUT2D eigenvalue weighted by molar-refractivity contribution is 9.10. The number of amides is 2. The van der Waals surface area contributed by atoms with E-state index in [1.807, 2.05) is 36.4 Å². The lowest BCUT2D eigenvalue weighted by molar-refractivity contribution is -0.122. The van der Waals surface area contributed by atoms with E-state index in [-0.39, 0.29) is 29.6 Å². The van der Waals surface area contributed by atoms with Crippen LogP contribution >= 0.6 is 15.9 Å². The van der Waals surface area contributed by atoms with Gasteiger partial charge in [-0.05, 0) is 55.0 Å². The summed E-state index contributed by atoms with van der Waals surface area (Å²) in [6, 6.07) is 16.1. The number of anilines is 2. The van der Waals surface area contributed by atoms with Crippen molar-refractivity contribution in [3.05, 3.63) is 58.6 Å². The fourth-order valence-corrected chi connectivity index (χ4v) is 4.49. The highest BCUT2D eigenvalue weighted by Crippen LogP contribution is 2.48. The molecule has 6 heteroatoms. The van der Waals surface area contributed by atoms with E-state index in [4.69, 9.17) is 5.73 Å². The van der Waals surface area contributed by atoms with Crippen molar-refractivity contribution in [3.63, 3.8) is 0 Å². The minimum Gasteiger partial charge on any atom is -0.370 e. The Hall–Kier alpha value is -2.34. The van der Waals surface area contributed by atoms with Gasteiger partial charge in [0.2, 0.25) is 11.8 Å². The molecule has 2 aromatic rings. The van der Waals surface area contributed by atoms with Crippen LogP contribution in [-0.2, 0) is 9.59 Å². The molecule has 1 heterocycles. The summed E-state index contributed by atoms with van der Waals surface area (Å²) in [5.74, 6) is 0.118. The van der Waals surface area contributed by atoms with Crippen LogP contribution in [0.1, 0.15) is 30.7 Å². The van der Waals surface area contributed by atoms with Gasteiger partial charge in [-0.15, -0.1) is 0 Å². The van der Waals surface area contributed by atoms with Crippen molar-refractivity contribution < 1.29 is 9.59 Å². The van der Waals surface area contributed by atoms with Gasteiger partial charge >= 0.3 is 0 Å². The second-order valence-electron chi connectivity index (χ2n) is 7.67. The monoisotopic (exact) mass is 441 g/mol. The number of carbonyl (C=O) groups excluding carboxylic acids is 2. The number of nitrogens with two attached hydrogens (primary N) is 1. The maximum Gasteiger partial charge on any atom is 0.228 e. The van der Waals surface area contributed by atoms with Gasteiger partial charge in [0, 0.05) is 29.4 Å². The molecule has 1 aliphatic heterocycles. The zero-order valence-corrected chi connectivity index (χ0v) is 17.2. The summed E-state index contributed by atoms with van der Waals surface area (Å²) in [4.78, 5) is 26.5. The molecule has 2 fully saturated rings. The quantitative estimate of drug-likeness (QED) is 0.738. The lowest BCUT2D eigenvalue weighted by Gasteiger charge is -2.33. The Labute approximate surface area is 173 Å². The highest BCUT2D eigenvalue weighted by Gasteiger charge is 2.44. The Kier molecular flexibility index (Phi) is 5.40. The van der Waals surface area contributed by atoms with Crippen LogP contribution in [0, 0.1) is 11.8 Å². The van der Waals surface area contributed by atoms with Crippen molar-refractivity contribution in [2.75, 3.05) is 23.3 Å². The van der Waals surface area contributed by atoms with E-state index < -0.39 is 0 Å². The van der Waals surface area contributed by atoms with Gasteiger partial charge in [0.15, 0.2) is 0 Å². The molecule has 2 aromatic carbocycles. The summed E-state index contributed by atoms with van der Waals surface area (Å²) in [6.07, 6.45) is 2.39. The Morgan fingerprint density at radius 1 is 1.07 bits per heavy atom. The molecule has 2 unspecified atom stereocenters. The lowest BCUT2D eigenvalue weighted by Crippen LogP contribution is -2.38. The molecule has 0 aromatic heterocycles. The largest absolute Gasteiger partial charge is 0.370 e. The molecule has 2 atom stereocenters. The first kappa shape index (κ1) is 19.0. The third-order valence-corrected chi connectivity index (χ3v) is 6.30. The molecule has 2 aliphatic rings. The highest BCUT2D eigenvalue weighted by atomic mass is 79.9. The van der Waals surface area contributed by atoms with E-state index in [1.165, 1.54) is 5.56 Å². The van der Waals surface area contributed by atoms with E-state index in [0.717, 1.165) is 48.2 Å². The Balaban J connectivity index is 1.42. The molecule has 1 aliphatic carbocycles. The van der Waals surface area contributed by atoms with Crippen molar-refractivity contribution in [2.45, 2.75) is 25.2 Å². The maximum absolute atomic E-state index is 12.8. The minimum atomic E-state index is -0.214. The number of primary amides is 1. The fourth-order valence-electron chi connectivity index (χ4n) is 4.08. The Morgan fingerprint density at radius 2 is 1.82 bits per heavy atom. The first-order valence-corrected chi connectivity index (χ1v) is 10.5. The second-order valence-corrected chi connectivity index (χ2v) is 8.59. The van der Waals surface area contributed by atoms with Crippen LogP contribution in [0.25, 0.3) is 0 Å². The van der Waals surface area contributed by atoms with Gasteiger partial charge in [0.1, 0.15) is 0 Å². The maximum atomic E-state index is 12.8. The van der Waals surface area contributed by atoms with E-state index in [0.29, 0.717) is 0 Å². The van der Waals surface area contributed by atoms with E-state index >= 15 is 0 Å². The number of hydrogen-bond acceptors (Lipinski definition) is 3. The fraction of sp³-hybridized carbons (Fsp3) is 0.364. The molecule has 0 bridgehead atoms. The molecule has 3 N–H and O–H groups in total. The number of benzene rings is 2. The predicted molar refractivity (Wildman–Crippen MR) is 114 cm³/mol. The van der Waals surface area contributed by atoms with Gasteiger partial charge in [-0.1, -0.05) is 40.2 Å². The zero-order valence-electron chi connectivity index (χ0n) is 15.6. The summed E-state index contributed by atoms with van der Waals surface area (Å²) in [5.41, 5.74) is 8.50. The number of nitrogens with one attached hydrogen (secondary N) is 1. The van der Waals surface area contributed by atoms with Crippen molar-refractivity contribution in [1.29, 1.82) is 0 Å². The average molecular weight is 442 g/mol. The molecule has 1 saturated carbocycles. The summed E-state index contributed by atoms with van der Waals surface area (Å²) in [7, 11) is 0. The number of carbonyl (C=O) groups is 2. The zero-order chi connectivity index (χ0) is 19.7. The van der Waals surface area contributed by atoms with Crippen LogP contribution in [0.15, 0.2) is 53.0 Å². The normalized spacial score (nSPS) is 22.0. The Morgan fingerprint density at radius 3 is 2.54 bits per heavy atom. The smallest absolute Gasteiger partial charge is 0.228 e. The summed E-state index contributed by atoms with van der Waals surface area (Å²) in [5, 5.41) is 3.13. The molecule has 1 saturated heterocycles. The van der Waals surface area contributed by atoms with Gasteiger partial charge in [-0.3, -0.25) is 9.59 Å². The van der Waals surface area contributed by atoms with E-state index in [9.17, 15) is 9.59 Å².